The highest BCUT2D eigenvalue weighted by Gasteiger charge is 2.49. The molecule has 2 fully saturated rings. The Morgan fingerprint density at radius 1 is 1.22 bits per heavy atom. The summed E-state index contributed by atoms with van der Waals surface area (Å²) in [4.78, 5) is 21.5. The minimum absolute atomic E-state index is 0.0341. The van der Waals surface area contributed by atoms with Crippen molar-refractivity contribution < 1.29 is 9.53 Å². The number of aromatic nitrogens is 1. The van der Waals surface area contributed by atoms with Crippen molar-refractivity contribution in [3.63, 3.8) is 0 Å². The lowest BCUT2D eigenvalue weighted by molar-refractivity contribution is -0.119. The van der Waals surface area contributed by atoms with Gasteiger partial charge in [0.25, 0.3) is 0 Å². The maximum Gasteiger partial charge on any atom is 0.247 e. The molecular weight excluding hydrogens is 290 g/mol. The molecule has 3 heterocycles. The maximum absolute atomic E-state index is 12.9. The van der Waals surface area contributed by atoms with E-state index < -0.39 is 0 Å². The number of carbonyl (C=O) groups is 1. The Balaban J connectivity index is 1.80. The van der Waals surface area contributed by atoms with Crippen molar-refractivity contribution >= 4 is 11.7 Å². The van der Waals surface area contributed by atoms with Crippen molar-refractivity contribution in [2.24, 2.45) is 0 Å². The number of carbonyl (C=O) groups excluding carboxylic acids is 1. The van der Waals surface area contributed by atoms with Crippen LogP contribution in [0.3, 0.4) is 0 Å². The average Bonchev–Trinajstić information content (AvgIpc) is 3.18. The van der Waals surface area contributed by atoms with E-state index in [9.17, 15) is 4.79 Å². The third-order valence-corrected chi connectivity index (χ3v) is 4.66. The first-order valence-electron chi connectivity index (χ1n) is 7.93. The molecule has 0 spiro atoms. The summed E-state index contributed by atoms with van der Waals surface area (Å²) >= 11 is 0. The summed E-state index contributed by atoms with van der Waals surface area (Å²) < 4.78 is 5.36. The zero-order chi connectivity index (χ0) is 15.8. The summed E-state index contributed by atoms with van der Waals surface area (Å²) in [7, 11) is 1.66. The third kappa shape index (κ3) is 2.28. The van der Waals surface area contributed by atoms with E-state index in [1.807, 2.05) is 41.3 Å². The van der Waals surface area contributed by atoms with Gasteiger partial charge in [0.2, 0.25) is 5.91 Å². The summed E-state index contributed by atoms with van der Waals surface area (Å²) in [5, 5.41) is 0. The fourth-order valence-corrected chi connectivity index (χ4v) is 3.65. The lowest BCUT2D eigenvalue weighted by Crippen LogP contribution is -2.32. The second kappa shape index (κ2) is 5.66. The zero-order valence-corrected chi connectivity index (χ0v) is 13.1. The van der Waals surface area contributed by atoms with E-state index >= 15 is 0 Å². The molecule has 0 aliphatic carbocycles. The first kappa shape index (κ1) is 14.2. The van der Waals surface area contributed by atoms with E-state index in [0.717, 1.165) is 30.7 Å². The van der Waals surface area contributed by atoms with Gasteiger partial charge in [-0.05, 0) is 42.7 Å². The maximum atomic E-state index is 12.9. The Labute approximate surface area is 135 Å². The Hall–Kier alpha value is -2.40. The van der Waals surface area contributed by atoms with Gasteiger partial charge in [-0.15, -0.1) is 0 Å². The normalized spacial score (nSPS) is 24.0. The summed E-state index contributed by atoms with van der Waals surface area (Å²) in [5.41, 5.74) is 1.06. The van der Waals surface area contributed by atoms with Gasteiger partial charge in [0.1, 0.15) is 17.7 Å². The van der Waals surface area contributed by atoms with E-state index in [2.05, 4.69) is 16.0 Å². The third-order valence-electron chi connectivity index (χ3n) is 4.66. The number of hydrogen-bond acceptors (Lipinski definition) is 4. The first-order valence-corrected chi connectivity index (χ1v) is 7.93. The molecule has 5 nitrogen and oxygen atoms in total. The topological polar surface area (TPSA) is 45.7 Å². The number of amides is 1. The number of hydrogen-bond donors (Lipinski definition) is 0. The second-order valence-electron chi connectivity index (χ2n) is 5.94. The molecule has 0 radical (unpaired) electrons. The highest BCUT2D eigenvalue weighted by molar-refractivity contribution is 5.99. The van der Waals surface area contributed by atoms with Crippen molar-refractivity contribution in [1.82, 2.24) is 9.88 Å². The molecule has 1 aromatic carbocycles. The Morgan fingerprint density at radius 2 is 2.13 bits per heavy atom. The fourth-order valence-electron chi connectivity index (χ4n) is 3.65. The van der Waals surface area contributed by atoms with Crippen LogP contribution < -0.4 is 9.64 Å². The Bertz CT molecular complexity index is 719. The van der Waals surface area contributed by atoms with Gasteiger partial charge in [0.05, 0.1) is 13.2 Å². The van der Waals surface area contributed by atoms with Gasteiger partial charge in [0.15, 0.2) is 0 Å². The molecule has 0 N–H and O–H groups in total. The van der Waals surface area contributed by atoms with Crippen molar-refractivity contribution in [2.75, 3.05) is 18.6 Å². The van der Waals surface area contributed by atoms with Crippen LogP contribution in [-0.4, -0.2) is 35.5 Å². The number of methoxy groups -OCH3 is 1. The van der Waals surface area contributed by atoms with Gasteiger partial charge < -0.3 is 4.74 Å². The number of pyridine rings is 1. The minimum Gasteiger partial charge on any atom is -0.497 e. The van der Waals surface area contributed by atoms with E-state index in [1.165, 1.54) is 0 Å². The average molecular weight is 309 g/mol. The molecule has 0 saturated carbocycles. The highest BCUT2D eigenvalue weighted by Crippen LogP contribution is 2.42. The second-order valence-corrected chi connectivity index (χ2v) is 5.94. The van der Waals surface area contributed by atoms with Crippen LogP contribution in [0.2, 0.25) is 0 Å². The molecule has 2 aliphatic heterocycles. The lowest BCUT2D eigenvalue weighted by atomic mass is 10.1. The Kier molecular flexibility index (Phi) is 3.50. The number of fused-ring (bicyclic) bond motifs is 1. The van der Waals surface area contributed by atoms with E-state index in [0.29, 0.717) is 5.82 Å². The molecule has 2 aliphatic rings. The smallest absolute Gasteiger partial charge is 0.247 e. The number of rotatable bonds is 3. The number of ether oxygens (including phenoxy) is 1. The highest BCUT2D eigenvalue weighted by atomic mass is 16.5. The van der Waals surface area contributed by atoms with Crippen LogP contribution >= 0.6 is 0 Å². The molecule has 2 saturated heterocycles. The molecule has 4 rings (SSSR count). The first-order chi connectivity index (χ1) is 11.3. The molecule has 0 bridgehead atoms. The van der Waals surface area contributed by atoms with Crippen LogP contribution in [0, 0.1) is 0 Å². The van der Waals surface area contributed by atoms with E-state index in [-0.39, 0.29) is 18.1 Å². The van der Waals surface area contributed by atoms with Gasteiger partial charge in [-0.2, -0.15) is 0 Å². The monoisotopic (exact) mass is 309 g/mol. The largest absolute Gasteiger partial charge is 0.497 e. The molecule has 2 aromatic rings. The van der Waals surface area contributed by atoms with Gasteiger partial charge in [-0.1, -0.05) is 18.2 Å². The van der Waals surface area contributed by atoms with Crippen LogP contribution in [0.4, 0.5) is 5.82 Å². The molecule has 5 heteroatoms. The number of benzene rings is 1. The van der Waals surface area contributed by atoms with Gasteiger partial charge >= 0.3 is 0 Å². The van der Waals surface area contributed by atoms with Crippen LogP contribution in [-0.2, 0) is 4.79 Å². The number of nitrogens with zero attached hydrogens (tertiary/aromatic N) is 3. The fraction of sp³-hybridized carbons (Fsp3) is 0.333. The Morgan fingerprint density at radius 3 is 2.91 bits per heavy atom. The van der Waals surface area contributed by atoms with Crippen LogP contribution in [0.1, 0.15) is 24.6 Å². The SMILES string of the molecule is COc1cccc([C@H]2N(c3ccccn3)C(=O)[C@@H]3CCCN32)c1. The van der Waals surface area contributed by atoms with Crippen molar-refractivity contribution in [3.8, 4) is 5.75 Å². The van der Waals surface area contributed by atoms with E-state index in [4.69, 9.17) is 4.74 Å². The van der Waals surface area contributed by atoms with E-state index in [1.54, 1.807) is 13.3 Å². The molecule has 118 valence electrons. The van der Waals surface area contributed by atoms with Crippen LogP contribution in [0.25, 0.3) is 0 Å². The predicted octanol–water partition coefficient (Wildman–Crippen LogP) is 2.60. The molecular formula is C18H19N3O2. The summed E-state index contributed by atoms with van der Waals surface area (Å²) in [6.45, 7) is 0.932. The summed E-state index contributed by atoms with van der Waals surface area (Å²) in [6, 6.07) is 13.6. The van der Waals surface area contributed by atoms with Crippen LogP contribution in [0.15, 0.2) is 48.7 Å². The minimum atomic E-state index is -0.111. The molecule has 1 amide bonds. The number of anilines is 1. The molecule has 2 atom stereocenters. The van der Waals surface area contributed by atoms with Crippen molar-refractivity contribution in [2.45, 2.75) is 25.0 Å². The van der Waals surface area contributed by atoms with Gasteiger partial charge in [-0.25, -0.2) is 4.98 Å². The zero-order valence-electron chi connectivity index (χ0n) is 13.1. The lowest BCUT2D eigenvalue weighted by Gasteiger charge is -2.29. The van der Waals surface area contributed by atoms with Crippen LogP contribution in [0.5, 0.6) is 5.75 Å². The molecule has 1 aromatic heterocycles. The summed E-state index contributed by atoms with van der Waals surface area (Å²) in [5.74, 6) is 1.66. The molecule has 0 unspecified atom stereocenters. The standard InChI is InChI=1S/C18H19N3O2/c1-23-14-7-4-6-13(12-14)17-20-11-5-8-15(20)18(22)21(17)16-9-2-3-10-19-16/h2-4,6-7,9-10,12,15,17H,5,8,11H2,1H3/t15-,17+/m0/s1. The van der Waals surface area contributed by atoms with Gasteiger partial charge in [0, 0.05) is 12.7 Å². The predicted molar refractivity (Wildman–Crippen MR) is 87.2 cm³/mol. The van der Waals surface area contributed by atoms with Gasteiger partial charge in [-0.3, -0.25) is 14.6 Å². The molecule has 23 heavy (non-hydrogen) atoms. The van der Waals surface area contributed by atoms with Crippen molar-refractivity contribution in [3.05, 3.63) is 54.2 Å². The summed E-state index contributed by atoms with van der Waals surface area (Å²) in [6.07, 6.45) is 3.60. The quantitative estimate of drug-likeness (QED) is 0.874. The van der Waals surface area contributed by atoms with Crippen molar-refractivity contribution in [1.29, 1.82) is 0 Å².